The van der Waals surface area contributed by atoms with Gasteiger partial charge in [0.2, 0.25) is 0 Å². The van der Waals surface area contributed by atoms with Crippen molar-refractivity contribution in [3.8, 4) is 5.75 Å². The van der Waals surface area contributed by atoms with Crippen LogP contribution in [0.5, 0.6) is 5.75 Å². The van der Waals surface area contributed by atoms with Gasteiger partial charge in [-0.25, -0.2) is 0 Å². The molecule has 2 aliphatic rings. The lowest BCUT2D eigenvalue weighted by molar-refractivity contribution is 0.343. The minimum absolute atomic E-state index is 0.757. The van der Waals surface area contributed by atoms with E-state index < -0.39 is 0 Å². The van der Waals surface area contributed by atoms with Crippen molar-refractivity contribution >= 4 is 0 Å². The van der Waals surface area contributed by atoms with Gasteiger partial charge in [0.05, 0.1) is 7.11 Å². The van der Waals surface area contributed by atoms with Gasteiger partial charge in [-0.3, -0.25) is 0 Å². The Labute approximate surface area is 103 Å². The summed E-state index contributed by atoms with van der Waals surface area (Å²) in [5.41, 5.74) is 10.4. The van der Waals surface area contributed by atoms with Crippen molar-refractivity contribution in [2.45, 2.75) is 38.0 Å². The van der Waals surface area contributed by atoms with E-state index >= 15 is 0 Å². The summed E-state index contributed by atoms with van der Waals surface area (Å²) in [6.45, 7) is 0.829. The van der Waals surface area contributed by atoms with E-state index in [2.05, 4.69) is 12.1 Å². The zero-order valence-electron chi connectivity index (χ0n) is 10.5. The first-order chi connectivity index (χ1) is 8.35. The molecule has 0 heterocycles. The monoisotopic (exact) mass is 231 g/mol. The average Bonchev–Trinajstić information content (AvgIpc) is 2.79. The molecule has 2 N–H and O–H groups in total. The van der Waals surface area contributed by atoms with Crippen LogP contribution >= 0.6 is 0 Å². The maximum Gasteiger partial charge on any atom is 0.122 e. The number of nitrogens with two attached hydrogens (primary N) is 1. The summed E-state index contributed by atoms with van der Waals surface area (Å²) >= 11 is 0. The Morgan fingerprint density at radius 1 is 1.29 bits per heavy atom. The van der Waals surface area contributed by atoms with Crippen molar-refractivity contribution in [1.82, 2.24) is 0 Å². The maximum absolute atomic E-state index is 5.74. The lowest BCUT2D eigenvalue weighted by atomic mass is 9.74. The summed E-state index contributed by atoms with van der Waals surface area (Å²) in [5.74, 6) is 2.66. The van der Waals surface area contributed by atoms with Crippen LogP contribution in [0, 0.1) is 5.92 Å². The van der Waals surface area contributed by atoms with E-state index in [1.54, 1.807) is 18.2 Å². The smallest absolute Gasteiger partial charge is 0.122 e. The predicted molar refractivity (Wildman–Crippen MR) is 69.5 cm³/mol. The van der Waals surface area contributed by atoms with Crippen LogP contribution in [0.3, 0.4) is 0 Å². The Morgan fingerprint density at radius 3 is 2.94 bits per heavy atom. The molecule has 0 radical (unpaired) electrons. The van der Waals surface area contributed by atoms with Crippen molar-refractivity contribution < 1.29 is 4.74 Å². The average molecular weight is 231 g/mol. The highest BCUT2D eigenvalue weighted by Gasteiger charge is 2.35. The molecule has 0 fully saturated rings. The van der Waals surface area contributed by atoms with Gasteiger partial charge in [0.15, 0.2) is 0 Å². The molecule has 2 unspecified atom stereocenters. The van der Waals surface area contributed by atoms with Gasteiger partial charge in [-0.2, -0.15) is 0 Å². The number of ether oxygens (including phenoxy) is 1. The van der Waals surface area contributed by atoms with E-state index in [4.69, 9.17) is 10.5 Å². The molecule has 2 aliphatic carbocycles. The Hall–Kier alpha value is -1.02. The topological polar surface area (TPSA) is 35.2 Å². The summed E-state index contributed by atoms with van der Waals surface area (Å²) in [7, 11) is 1.79. The molecule has 92 valence electrons. The number of hydrogen-bond acceptors (Lipinski definition) is 2. The highest BCUT2D eigenvalue weighted by Crippen LogP contribution is 2.49. The second-order valence-corrected chi connectivity index (χ2v) is 5.34. The zero-order valence-corrected chi connectivity index (χ0v) is 10.5. The molecular formula is C15H21NO. The number of hydrogen-bond donors (Lipinski definition) is 1. The first kappa shape index (κ1) is 11.1. The van der Waals surface area contributed by atoms with Gasteiger partial charge in [0.25, 0.3) is 0 Å². The SMILES string of the molecule is COc1ccc2c3c1CCC(CCN)C3CC2. The number of aryl methyl sites for hydroxylation is 1. The summed E-state index contributed by atoms with van der Waals surface area (Å²) in [6.07, 6.45) is 6.21. The van der Waals surface area contributed by atoms with Crippen LogP contribution in [0.1, 0.15) is 41.9 Å². The van der Waals surface area contributed by atoms with Crippen LogP contribution in [-0.4, -0.2) is 13.7 Å². The first-order valence-electron chi connectivity index (χ1n) is 6.74. The van der Waals surface area contributed by atoms with Gasteiger partial charge in [0, 0.05) is 0 Å². The molecule has 0 amide bonds. The number of benzene rings is 1. The lowest BCUT2D eigenvalue weighted by Gasteiger charge is -2.31. The number of methoxy groups -OCH3 is 1. The molecule has 0 spiro atoms. The van der Waals surface area contributed by atoms with E-state index in [9.17, 15) is 0 Å². The summed E-state index contributed by atoms with van der Waals surface area (Å²) < 4.78 is 5.51. The van der Waals surface area contributed by atoms with Gasteiger partial charge < -0.3 is 10.5 Å². The van der Waals surface area contributed by atoms with Crippen LogP contribution in [0.2, 0.25) is 0 Å². The second kappa shape index (κ2) is 4.34. The van der Waals surface area contributed by atoms with E-state index in [0.717, 1.165) is 24.1 Å². The number of rotatable bonds is 3. The third-order valence-electron chi connectivity index (χ3n) is 4.59. The summed E-state index contributed by atoms with van der Waals surface area (Å²) in [5, 5.41) is 0. The fraction of sp³-hybridized carbons (Fsp3) is 0.600. The normalized spacial score (nSPS) is 25.8. The van der Waals surface area contributed by atoms with Crippen LogP contribution in [0.15, 0.2) is 12.1 Å². The summed E-state index contributed by atoms with van der Waals surface area (Å²) in [4.78, 5) is 0. The van der Waals surface area contributed by atoms with E-state index in [-0.39, 0.29) is 0 Å². The minimum atomic E-state index is 0.757. The zero-order chi connectivity index (χ0) is 11.8. The molecular weight excluding hydrogens is 210 g/mol. The van der Waals surface area contributed by atoms with Gasteiger partial charge in [-0.15, -0.1) is 0 Å². The third-order valence-corrected chi connectivity index (χ3v) is 4.59. The molecule has 2 atom stereocenters. The molecule has 0 bridgehead atoms. The van der Waals surface area contributed by atoms with E-state index in [1.165, 1.54) is 37.7 Å². The van der Waals surface area contributed by atoms with Crippen LogP contribution in [0.4, 0.5) is 0 Å². The van der Waals surface area contributed by atoms with Gasteiger partial charge in [0.1, 0.15) is 5.75 Å². The van der Waals surface area contributed by atoms with Gasteiger partial charge in [-0.05, 0) is 73.2 Å². The lowest BCUT2D eigenvalue weighted by Crippen LogP contribution is -2.21. The van der Waals surface area contributed by atoms with Gasteiger partial charge >= 0.3 is 0 Å². The molecule has 0 saturated carbocycles. The Balaban J connectivity index is 2.03. The molecule has 1 aromatic carbocycles. The molecule has 0 aromatic heterocycles. The van der Waals surface area contributed by atoms with E-state index in [0.29, 0.717) is 0 Å². The molecule has 0 aliphatic heterocycles. The predicted octanol–water partition coefficient (Wildman–Crippen LogP) is 2.64. The first-order valence-corrected chi connectivity index (χ1v) is 6.74. The van der Waals surface area contributed by atoms with Crippen molar-refractivity contribution in [2.24, 2.45) is 11.7 Å². The maximum atomic E-state index is 5.74. The summed E-state index contributed by atoms with van der Waals surface area (Å²) in [6, 6.07) is 4.42. The second-order valence-electron chi connectivity index (χ2n) is 5.34. The third kappa shape index (κ3) is 1.66. The largest absolute Gasteiger partial charge is 0.496 e. The Morgan fingerprint density at radius 2 is 2.18 bits per heavy atom. The highest BCUT2D eigenvalue weighted by atomic mass is 16.5. The van der Waals surface area contributed by atoms with Crippen molar-refractivity contribution in [3.63, 3.8) is 0 Å². The molecule has 1 aromatic rings. The van der Waals surface area contributed by atoms with Crippen LogP contribution < -0.4 is 10.5 Å². The van der Waals surface area contributed by atoms with Gasteiger partial charge in [-0.1, -0.05) is 6.07 Å². The fourth-order valence-electron chi connectivity index (χ4n) is 3.84. The quantitative estimate of drug-likeness (QED) is 0.868. The molecule has 0 saturated heterocycles. The van der Waals surface area contributed by atoms with Crippen molar-refractivity contribution in [3.05, 3.63) is 28.8 Å². The minimum Gasteiger partial charge on any atom is -0.496 e. The molecule has 2 nitrogen and oxygen atoms in total. The van der Waals surface area contributed by atoms with Crippen LogP contribution in [-0.2, 0) is 12.8 Å². The standard InChI is InChI=1S/C15H21NO/c1-17-14-7-4-11-3-5-12-10(8-9-16)2-6-13(14)15(11)12/h4,7,10,12H,2-3,5-6,8-9,16H2,1H3. The van der Waals surface area contributed by atoms with Crippen molar-refractivity contribution in [1.29, 1.82) is 0 Å². The molecule has 2 heteroatoms. The fourth-order valence-corrected chi connectivity index (χ4v) is 3.84. The Bertz CT molecular complexity index is 427. The Kier molecular flexibility index (Phi) is 2.83. The van der Waals surface area contributed by atoms with Crippen LogP contribution in [0.25, 0.3) is 0 Å². The highest BCUT2D eigenvalue weighted by molar-refractivity contribution is 5.51. The molecule has 17 heavy (non-hydrogen) atoms. The van der Waals surface area contributed by atoms with E-state index in [1.807, 2.05) is 0 Å². The molecule has 3 rings (SSSR count). The van der Waals surface area contributed by atoms with Crippen molar-refractivity contribution in [2.75, 3.05) is 13.7 Å².